The van der Waals surface area contributed by atoms with Crippen molar-refractivity contribution in [3.63, 3.8) is 0 Å². The van der Waals surface area contributed by atoms with E-state index < -0.39 is 0 Å². The van der Waals surface area contributed by atoms with Gasteiger partial charge in [0.1, 0.15) is 11.8 Å². The third-order valence-corrected chi connectivity index (χ3v) is 3.20. The van der Waals surface area contributed by atoms with Crippen LogP contribution in [0.25, 0.3) is 0 Å². The van der Waals surface area contributed by atoms with Gasteiger partial charge in [-0.15, -0.1) is 0 Å². The number of hydrogen-bond donors (Lipinski definition) is 1. The summed E-state index contributed by atoms with van der Waals surface area (Å²) < 4.78 is 6.23. The summed E-state index contributed by atoms with van der Waals surface area (Å²) in [6, 6.07) is 15.7. The van der Waals surface area contributed by atoms with E-state index in [1.54, 1.807) is 13.2 Å². The number of ether oxygens (including phenoxy) is 1. The average Bonchev–Trinajstić information content (AvgIpc) is 2.45. The number of nitrogens with zero attached hydrogens (tertiary/aromatic N) is 1. The molecule has 0 amide bonds. The Morgan fingerprint density at radius 1 is 1.26 bits per heavy atom. The van der Waals surface area contributed by atoms with Crippen LogP contribution in [-0.2, 0) is 6.54 Å². The van der Waals surface area contributed by atoms with Crippen LogP contribution in [-0.4, -0.2) is 7.11 Å². The van der Waals surface area contributed by atoms with Crippen LogP contribution in [0.1, 0.15) is 11.1 Å². The van der Waals surface area contributed by atoms with Gasteiger partial charge in [-0.1, -0.05) is 28.1 Å². The third-order valence-electron chi connectivity index (χ3n) is 2.71. The first-order chi connectivity index (χ1) is 9.22. The molecule has 0 saturated heterocycles. The lowest BCUT2D eigenvalue weighted by Gasteiger charge is -2.09. The molecule has 1 N–H and O–H groups in total. The van der Waals surface area contributed by atoms with Gasteiger partial charge in [0.2, 0.25) is 0 Å². The van der Waals surface area contributed by atoms with Crippen LogP contribution in [0, 0.1) is 11.3 Å². The lowest BCUT2D eigenvalue weighted by Crippen LogP contribution is -2.00. The lowest BCUT2D eigenvalue weighted by molar-refractivity contribution is 0.413. The number of nitrogens with one attached hydrogen (secondary N) is 1. The predicted octanol–water partition coefficient (Wildman–Crippen LogP) is 3.94. The molecule has 2 aromatic rings. The highest BCUT2D eigenvalue weighted by Crippen LogP contribution is 2.21. The minimum atomic E-state index is 0.550. The van der Waals surface area contributed by atoms with Crippen molar-refractivity contribution >= 4 is 21.6 Å². The molecule has 0 aliphatic rings. The molecule has 0 atom stereocenters. The largest absolute Gasteiger partial charge is 0.495 e. The molecule has 96 valence electrons. The summed E-state index contributed by atoms with van der Waals surface area (Å²) in [6.07, 6.45) is 0. The first-order valence-electron chi connectivity index (χ1n) is 5.79. The van der Waals surface area contributed by atoms with E-state index in [2.05, 4.69) is 27.3 Å². The van der Waals surface area contributed by atoms with Crippen molar-refractivity contribution in [2.75, 3.05) is 12.4 Å². The Hall–Kier alpha value is -1.99. The van der Waals surface area contributed by atoms with Crippen LogP contribution in [0.2, 0.25) is 0 Å². The molecule has 4 heteroatoms. The van der Waals surface area contributed by atoms with Crippen LogP contribution in [0.15, 0.2) is 46.9 Å². The summed E-state index contributed by atoms with van der Waals surface area (Å²) >= 11 is 3.43. The second-order valence-corrected chi connectivity index (χ2v) is 4.93. The fraction of sp³-hybridized carbons (Fsp3) is 0.133. The number of hydrogen-bond acceptors (Lipinski definition) is 3. The average molecular weight is 317 g/mol. The van der Waals surface area contributed by atoms with E-state index in [9.17, 15) is 0 Å². The summed E-state index contributed by atoms with van der Waals surface area (Å²) in [5.41, 5.74) is 2.65. The van der Waals surface area contributed by atoms with Gasteiger partial charge in [0.05, 0.1) is 12.7 Å². The van der Waals surface area contributed by atoms with Crippen molar-refractivity contribution in [3.05, 3.63) is 58.1 Å². The molecule has 2 rings (SSSR count). The molecule has 0 radical (unpaired) electrons. The third kappa shape index (κ3) is 3.49. The summed E-state index contributed by atoms with van der Waals surface area (Å²) in [6.45, 7) is 0.679. The Bertz CT molecular complexity index is 620. The number of nitriles is 1. The van der Waals surface area contributed by atoms with Crippen LogP contribution < -0.4 is 10.1 Å². The minimum absolute atomic E-state index is 0.550. The Morgan fingerprint density at radius 3 is 2.79 bits per heavy atom. The van der Waals surface area contributed by atoms with Crippen molar-refractivity contribution in [3.8, 4) is 11.8 Å². The van der Waals surface area contributed by atoms with Gasteiger partial charge in [-0.05, 0) is 35.9 Å². The zero-order valence-electron chi connectivity index (χ0n) is 10.5. The Morgan fingerprint density at radius 2 is 2.11 bits per heavy atom. The molecule has 0 fully saturated rings. The van der Waals surface area contributed by atoms with Gasteiger partial charge in [0.25, 0.3) is 0 Å². The Labute approximate surface area is 121 Å². The summed E-state index contributed by atoms with van der Waals surface area (Å²) in [4.78, 5) is 0. The van der Waals surface area contributed by atoms with Crippen molar-refractivity contribution < 1.29 is 4.74 Å². The molecule has 0 aromatic heterocycles. The van der Waals surface area contributed by atoms with Crippen LogP contribution in [0.3, 0.4) is 0 Å². The Balaban J connectivity index is 2.10. The highest BCUT2D eigenvalue weighted by Gasteiger charge is 2.03. The standard InChI is InChI=1S/C15H13BrN2O/c1-19-15-7-11(5-6-12(15)9-17)10-18-14-4-2-3-13(16)8-14/h2-8,18H,10H2,1H3. The molecule has 3 nitrogen and oxygen atoms in total. The Kier molecular flexibility index (Phi) is 4.43. The smallest absolute Gasteiger partial charge is 0.136 e. The maximum absolute atomic E-state index is 8.93. The second kappa shape index (κ2) is 6.26. The number of anilines is 1. The van der Waals surface area contributed by atoms with Gasteiger partial charge in [0.15, 0.2) is 0 Å². The number of benzene rings is 2. The normalized spacial score (nSPS) is 9.74. The minimum Gasteiger partial charge on any atom is -0.495 e. The van der Waals surface area contributed by atoms with E-state index in [-0.39, 0.29) is 0 Å². The van der Waals surface area contributed by atoms with E-state index in [0.29, 0.717) is 17.9 Å². The van der Waals surface area contributed by atoms with Crippen molar-refractivity contribution in [2.24, 2.45) is 0 Å². The molecular weight excluding hydrogens is 304 g/mol. The van der Waals surface area contributed by atoms with Gasteiger partial charge < -0.3 is 10.1 Å². The molecule has 0 unspecified atom stereocenters. The molecule has 19 heavy (non-hydrogen) atoms. The first-order valence-corrected chi connectivity index (χ1v) is 6.58. The van der Waals surface area contributed by atoms with E-state index in [0.717, 1.165) is 15.7 Å². The SMILES string of the molecule is COc1cc(CNc2cccc(Br)c2)ccc1C#N. The summed E-state index contributed by atoms with van der Waals surface area (Å²) in [5.74, 6) is 0.607. The molecule has 0 heterocycles. The molecule has 0 bridgehead atoms. The van der Waals surface area contributed by atoms with Gasteiger partial charge >= 0.3 is 0 Å². The van der Waals surface area contributed by atoms with Crippen LogP contribution in [0.5, 0.6) is 5.75 Å². The van der Waals surface area contributed by atoms with E-state index in [4.69, 9.17) is 10.00 Å². The fourth-order valence-electron chi connectivity index (χ4n) is 1.74. The number of methoxy groups -OCH3 is 1. The van der Waals surface area contributed by atoms with E-state index in [1.165, 1.54) is 0 Å². The maximum Gasteiger partial charge on any atom is 0.136 e. The second-order valence-electron chi connectivity index (χ2n) is 4.01. The maximum atomic E-state index is 8.93. The van der Waals surface area contributed by atoms with Crippen LogP contribution in [0.4, 0.5) is 5.69 Å². The highest BCUT2D eigenvalue weighted by atomic mass is 79.9. The quantitative estimate of drug-likeness (QED) is 0.929. The van der Waals surface area contributed by atoms with Gasteiger partial charge in [-0.3, -0.25) is 0 Å². The monoisotopic (exact) mass is 316 g/mol. The lowest BCUT2D eigenvalue weighted by atomic mass is 10.1. The molecular formula is C15H13BrN2O. The van der Waals surface area contributed by atoms with Gasteiger partial charge in [-0.2, -0.15) is 5.26 Å². The van der Waals surface area contributed by atoms with Crippen molar-refractivity contribution in [2.45, 2.75) is 6.54 Å². The van der Waals surface area contributed by atoms with Crippen LogP contribution >= 0.6 is 15.9 Å². The molecule has 0 spiro atoms. The molecule has 0 saturated carbocycles. The molecule has 0 aliphatic carbocycles. The molecule has 0 aliphatic heterocycles. The zero-order valence-corrected chi connectivity index (χ0v) is 12.1. The van der Waals surface area contributed by atoms with Crippen molar-refractivity contribution in [1.82, 2.24) is 0 Å². The highest BCUT2D eigenvalue weighted by molar-refractivity contribution is 9.10. The molecule has 2 aromatic carbocycles. The zero-order chi connectivity index (χ0) is 13.7. The predicted molar refractivity (Wildman–Crippen MR) is 79.2 cm³/mol. The first kappa shape index (κ1) is 13.4. The van der Waals surface area contributed by atoms with Crippen molar-refractivity contribution in [1.29, 1.82) is 5.26 Å². The topological polar surface area (TPSA) is 45.0 Å². The summed E-state index contributed by atoms with van der Waals surface area (Å²) in [7, 11) is 1.57. The van der Waals surface area contributed by atoms with Gasteiger partial charge in [0, 0.05) is 16.7 Å². The number of rotatable bonds is 4. The van der Waals surface area contributed by atoms with E-state index in [1.807, 2.05) is 36.4 Å². The fourth-order valence-corrected chi connectivity index (χ4v) is 2.14. The summed E-state index contributed by atoms with van der Waals surface area (Å²) in [5, 5.41) is 12.3. The van der Waals surface area contributed by atoms with E-state index >= 15 is 0 Å². The van der Waals surface area contributed by atoms with Gasteiger partial charge in [-0.25, -0.2) is 0 Å². The number of halogens is 1.